The van der Waals surface area contributed by atoms with E-state index in [0.717, 1.165) is 0 Å². The molecule has 0 aliphatic rings. The predicted octanol–water partition coefficient (Wildman–Crippen LogP) is 1.35. The molecule has 0 saturated heterocycles. The Hall–Kier alpha value is -3.39. The van der Waals surface area contributed by atoms with E-state index in [1.54, 1.807) is 30.3 Å². The molecule has 8 nitrogen and oxygen atoms in total. The van der Waals surface area contributed by atoms with Gasteiger partial charge in [-0.3, -0.25) is 19.8 Å². The van der Waals surface area contributed by atoms with Crippen LogP contribution in [0.1, 0.15) is 27.6 Å². The number of rotatable bonds is 6. The lowest BCUT2D eigenvalue weighted by molar-refractivity contribution is -0.139. The SMILES string of the molecule is C[C@H](NNC(=O)c1cc(O)cc(NC(=O)c2ccccc2)c1)C(=O)O. The summed E-state index contributed by atoms with van der Waals surface area (Å²) < 4.78 is 0. The van der Waals surface area contributed by atoms with Crippen LogP contribution < -0.4 is 16.2 Å². The Labute approximate surface area is 143 Å². The Morgan fingerprint density at radius 2 is 1.64 bits per heavy atom. The normalized spacial score (nSPS) is 11.4. The summed E-state index contributed by atoms with van der Waals surface area (Å²) in [5.41, 5.74) is 5.25. The standard InChI is InChI=1S/C17H17N3O5/c1-10(17(24)25)19-20-16(23)12-7-13(9-14(21)8-12)18-15(22)11-5-3-2-4-6-11/h2-10,19,21H,1H3,(H,18,22)(H,20,23)(H,24,25)/t10-/m0/s1. The van der Waals surface area contributed by atoms with Crippen molar-refractivity contribution >= 4 is 23.5 Å². The van der Waals surface area contributed by atoms with Crippen LogP contribution in [-0.4, -0.2) is 34.0 Å². The van der Waals surface area contributed by atoms with Gasteiger partial charge in [0, 0.05) is 22.9 Å². The van der Waals surface area contributed by atoms with Gasteiger partial charge in [-0.05, 0) is 31.2 Å². The van der Waals surface area contributed by atoms with E-state index in [1.807, 2.05) is 0 Å². The summed E-state index contributed by atoms with van der Waals surface area (Å²) >= 11 is 0. The second-order valence-corrected chi connectivity index (χ2v) is 5.25. The monoisotopic (exact) mass is 343 g/mol. The number of carboxylic acids is 1. The molecule has 5 N–H and O–H groups in total. The number of hydrogen-bond donors (Lipinski definition) is 5. The number of hydrazine groups is 1. The molecule has 2 aromatic rings. The van der Waals surface area contributed by atoms with Gasteiger partial charge in [-0.25, -0.2) is 5.43 Å². The van der Waals surface area contributed by atoms with E-state index in [4.69, 9.17) is 5.11 Å². The van der Waals surface area contributed by atoms with Gasteiger partial charge < -0.3 is 15.5 Å². The van der Waals surface area contributed by atoms with E-state index in [9.17, 15) is 19.5 Å². The van der Waals surface area contributed by atoms with Crippen molar-refractivity contribution in [2.75, 3.05) is 5.32 Å². The molecule has 0 radical (unpaired) electrons. The molecule has 2 amide bonds. The van der Waals surface area contributed by atoms with Gasteiger partial charge in [-0.2, -0.15) is 0 Å². The molecule has 0 aliphatic carbocycles. The van der Waals surface area contributed by atoms with Gasteiger partial charge in [0.15, 0.2) is 0 Å². The van der Waals surface area contributed by atoms with Gasteiger partial charge in [0.05, 0.1) is 0 Å². The van der Waals surface area contributed by atoms with E-state index in [2.05, 4.69) is 16.2 Å². The van der Waals surface area contributed by atoms with Crippen molar-refractivity contribution in [1.82, 2.24) is 10.9 Å². The quantitative estimate of drug-likeness (QED) is 0.504. The fourth-order valence-corrected chi connectivity index (χ4v) is 1.91. The molecule has 0 spiro atoms. The highest BCUT2D eigenvalue weighted by Gasteiger charge is 2.14. The largest absolute Gasteiger partial charge is 0.508 e. The third kappa shape index (κ3) is 5.05. The zero-order valence-electron chi connectivity index (χ0n) is 13.3. The number of phenols is 1. The lowest BCUT2D eigenvalue weighted by Gasteiger charge is -2.12. The molecule has 130 valence electrons. The zero-order valence-corrected chi connectivity index (χ0v) is 13.3. The topological polar surface area (TPSA) is 128 Å². The second-order valence-electron chi connectivity index (χ2n) is 5.25. The average molecular weight is 343 g/mol. The summed E-state index contributed by atoms with van der Waals surface area (Å²) in [7, 11) is 0. The minimum Gasteiger partial charge on any atom is -0.508 e. The maximum absolute atomic E-state index is 12.1. The molecule has 1 atom stereocenters. The van der Waals surface area contributed by atoms with Gasteiger partial charge in [-0.15, -0.1) is 0 Å². The molecule has 0 heterocycles. The average Bonchev–Trinajstić information content (AvgIpc) is 2.59. The number of nitrogens with one attached hydrogen (secondary N) is 3. The molecule has 0 aliphatic heterocycles. The van der Waals surface area contributed by atoms with Crippen molar-refractivity contribution in [1.29, 1.82) is 0 Å². The fraction of sp³-hybridized carbons (Fsp3) is 0.118. The lowest BCUT2D eigenvalue weighted by atomic mass is 10.1. The molecule has 8 heteroatoms. The van der Waals surface area contributed by atoms with Crippen molar-refractivity contribution in [2.45, 2.75) is 13.0 Å². The number of aliphatic carboxylic acids is 1. The van der Waals surface area contributed by atoms with Crippen LogP contribution in [-0.2, 0) is 4.79 Å². The minimum absolute atomic E-state index is 0.0495. The number of hydrogen-bond acceptors (Lipinski definition) is 5. The molecule has 2 aromatic carbocycles. The molecule has 0 fully saturated rings. The Kier molecular flexibility index (Phi) is 5.70. The van der Waals surface area contributed by atoms with Crippen LogP contribution in [0.4, 0.5) is 5.69 Å². The highest BCUT2D eigenvalue weighted by molar-refractivity contribution is 6.05. The highest BCUT2D eigenvalue weighted by atomic mass is 16.4. The Morgan fingerprint density at radius 3 is 2.28 bits per heavy atom. The molecular formula is C17H17N3O5. The Bertz CT molecular complexity index is 792. The van der Waals surface area contributed by atoms with Crippen molar-refractivity contribution in [3.8, 4) is 5.75 Å². The van der Waals surface area contributed by atoms with Gasteiger partial charge in [0.2, 0.25) is 0 Å². The first kappa shape index (κ1) is 18.0. The number of amides is 2. The van der Waals surface area contributed by atoms with Crippen LogP contribution in [0.3, 0.4) is 0 Å². The first-order valence-electron chi connectivity index (χ1n) is 7.36. The highest BCUT2D eigenvalue weighted by Crippen LogP contribution is 2.20. The van der Waals surface area contributed by atoms with E-state index >= 15 is 0 Å². The molecule has 0 unspecified atom stereocenters. The van der Waals surface area contributed by atoms with Crippen LogP contribution in [0.15, 0.2) is 48.5 Å². The van der Waals surface area contributed by atoms with Crippen molar-refractivity contribution in [3.05, 3.63) is 59.7 Å². The first-order chi connectivity index (χ1) is 11.9. The number of benzene rings is 2. The minimum atomic E-state index is -1.13. The third-order valence-electron chi connectivity index (χ3n) is 3.25. The van der Waals surface area contributed by atoms with Crippen LogP contribution in [0.2, 0.25) is 0 Å². The van der Waals surface area contributed by atoms with E-state index in [-0.39, 0.29) is 17.0 Å². The van der Waals surface area contributed by atoms with Crippen molar-refractivity contribution in [3.63, 3.8) is 0 Å². The Balaban J connectivity index is 2.10. The molecule has 25 heavy (non-hydrogen) atoms. The zero-order chi connectivity index (χ0) is 18.4. The third-order valence-corrected chi connectivity index (χ3v) is 3.25. The molecule has 0 aromatic heterocycles. The smallest absolute Gasteiger partial charge is 0.322 e. The van der Waals surface area contributed by atoms with Gasteiger partial charge in [-0.1, -0.05) is 18.2 Å². The summed E-state index contributed by atoms with van der Waals surface area (Å²) in [6.07, 6.45) is 0. The van der Waals surface area contributed by atoms with Crippen molar-refractivity contribution < 1.29 is 24.6 Å². The van der Waals surface area contributed by atoms with Crippen LogP contribution in [0.5, 0.6) is 5.75 Å². The number of carbonyl (C=O) groups is 3. The summed E-state index contributed by atoms with van der Waals surface area (Å²) in [4.78, 5) is 34.9. The van der Waals surface area contributed by atoms with E-state index in [0.29, 0.717) is 5.56 Å². The van der Waals surface area contributed by atoms with Crippen LogP contribution >= 0.6 is 0 Å². The summed E-state index contributed by atoms with van der Waals surface area (Å²) in [5.74, 6) is -2.40. The van der Waals surface area contributed by atoms with E-state index < -0.39 is 23.8 Å². The summed E-state index contributed by atoms with van der Waals surface area (Å²) in [5, 5.41) is 21.1. The van der Waals surface area contributed by atoms with E-state index in [1.165, 1.54) is 25.1 Å². The van der Waals surface area contributed by atoms with Gasteiger partial charge in [0.1, 0.15) is 11.8 Å². The van der Waals surface area contributed by atoms with Crippen molar-refractivity contribution in [2.24, 2.45) is 0 Å². The molecule has 0 saturated carbocycles. The molecule has 2 rings (SSSR count). The first-order valence-corrected chi connectivity index (χ1v) is 7.36. The van der Waals surface area contributed by atoms with Gasteiger partial charge in [0.25, 0.3) is 11.8 Å². The Morgan fingerprint density at radius 1 is 0.960 bits per heavy atom. The maximum atomic E-state index is 12.1. The van der Waals surface area contributed by atoms with Crippen LogP contribution in [0.25, 0.3) is 0 Å². The fourth-order valence-electron chi connectivity index (χ4n) is 1.91. The second kappa shape index (κ2) is 7.93. The number of carboxylic acid groups (broad SMARTS) is 1. The number of phenolic OH excluding ortho intramolecular Hbond substituents is 1. The number of aromatic hydroxyl groups is 1. The predicted molar refractivity (Wildman–Crippen MR) is 90.2 cm³/mol. The van der Waals surface area contributed by atoms with Gasteiger partial charge >= 0.3 is 5.97 Å². The maximum Gasteiger partial charge on any atom is 0.322 e. The number of anilines is 1. The lowest BCUT2D eigenvalue weighted by Crippen LogP contribution is -2.46. The summed E-state index contributed by atoms with van der Waals surface area (Å²) in [6, 6.07) is 11.3. The number of carbonyl (C=O) groups excluding carboxylic acids is 2. The van der Waals surface area contributed by atoms with Crippen LogP contribution in [0, 0.1) is 0 Å². The summed E-state index contributed by atoms with van der Waals surface area (Å²) in [6.45, 7) is 1.36. The molecular weight excluding hydrogens is 326 g/mol. The molecule has 0 bridgehead atoms.